The molecule has 2 rings (SSSR count). The topological polar surface area (TPSA) is 120 Å². The molecule has 1 aliphatic rings. The highest BCUT2D eigenvalue weighted by atomic mass is 16.6. The lowest BCUT2D eigenvalue weighted by molar-refractivity contribution is -0.133. The molecule has 1 aliphatic heterocycles. The average Bonchev–Trinajstić information content (AvgIpc) is 2.79. The quantitative estimate of drug-likeness (QED) is 0.532. The van der Waals surface area contributed by atoms with E-state index in [0.717, 1.165) is 17.2 Å². The van der Waals surface area contributed by atoms with Crippen LogP contribution in [-0.2, 0) is 27.4 Å². The maximum atomic E-state index is 12.4. The van der Waals surface area contributed by atoms with Crippen molar-refractivity contribution in [2.75, 3.05) is 32.7 Å². The summed E-state index contributed by atoms with van der Waals surface area (Å²) in [6, 6.07) is 7.35. The molecule has 0 unspecified atom stereocenters. The van der Waals surface area contributed by atoms with Gasteiger partial charge in [-0.1, -0.05) is 30.8 Å². The van der Waals surface area contributed by atoms with Gasteiger partial charge in [-0.3, -0.25) is 9.59 Å². The van der Waals surface area contributed by atoms with Gasteiger partial charge in [0.1, 0.15) is 5.60 Å². The number of ether oxygens (including phenoxy) is 1. The summed E-state index contributed by atoms with van der Waals surface area (Å²) in [5.41, 5.74) is 1.30. The largest absolute Gasteiger partial charge is 0.444 e. The minimum absolute atomic E-state index is 0.0830. The van der Waals surface area contributed by atoms with Gasteiger partial charge in [0.2, 0.25) is 11.8 Å². The van der Waals surface area contributed by atoms with Crippen molar-refractivity contribution < 1.29 is 23.9 Å². The fourth-order valence-electron chi connectivity index (χ4n) is 3.06. The number of piperazine rings is 1. The van der Waals surface area contributed by atoms with Crippen LogP contribution in [0.3, 0.4) is 0 Å². The summed E-state index contributed by atoms with van der Waals surface area (Å²) >= 11 is 0. The molecule has 33 heavy (non-hydrogen) atoms. The minimum atomic E-state index is -0.544. The highest BCUT2D eigenvalue weighted by Crippen LogP contribution is 2.09. The lowest BCUT2D eigenvalue weighted by Gasteiger charge is -2.34. The zero-order valence-electron chi connectivity index (χ0n) is 19.5. The molecule has 0 atom stereocenters. The van der Waals surface area contributed by atoms with Crippen LogP contribution in [0, 0.1) is 0 Å². The fourth-order valence-corrected chi connectivity index (χ4v) is 3.06. The number of hydrogen-bond acceptors (Lipinski definition) is 5. The van der Waals surface area contributed by atoms with E-state index in [9.17, 15) is 19.2 Å². The first-order valence-electron chi connectivity index (χ1n) is 10.8. The molecule has 0 saturated carbocycles. The molecule has 1 heterocycles. The summed E-state index contributed by atoms with van der Waals surface area (Å²) < 4.78 is 5.21. The van der Waals surface area contributed by atoms with E-state index in [0.29, 0.717) is 39.3 Å². The van der Waals surface area contributed by atoms with Crippen LogP contribution in [0.5, 0.6) is 0 Å². The number of benzene rings is 1. The lowest BCUT2D eigenvalue weighted by atomic mass is 10.1. The van der Waals surface area contributed by atoms with E-state index >= 15 is 0 Å². The Morgan fingerprint density at radius 2 is 1.42 bits per heavy atom. The van der Waals surface area contributed by atoms with Gasteiger partial charge in [0, 0.05) is 39.3 Å². The molecule has 0 aromatic heterocycles. The first-order chi connectivity index (χ1) is 15.6. The molecule has 1 saturated heterocycles. The molecule has 1 aromatic carbocycles. The van der Waals surface area contributed by atoms with Crippen LogP contribution < -0.4 is 16.0 Å². The van der Waals surface area contributed by atoms with E-state index in [4.69, 9.17) is 4.74 Å². The third kappa shape index (κ3) is 9.22. The molecule has 180 valence electrons. The summed E-state index contributed by atoms with van der Waals surface area (Å²) in [6.45, 7) is 11.1. The van der Waals surface area contributed by atoms with E-state index in [1.165, 1.54) is 0 Å². The van der Waals surface area contributed by atoms with Crippen molar-refractivity contribution in [3.8, 4) is 0 Å². The summed E-state index contributed by atoms with van der Waals surface area (Å²) in [6.07, 6.45) is 0.645. The Hall–Kier alpha value is -3.56. The first-order valence-corrected chi connectivity index (χ1v) is 10.8. The van der Waals surface area contributed by atoms with Crippen molar-refractivity contribution in [1.29, 1.82) is 0 Å². The Labute approximate surface area is 194 Å². The van der Waals surface area contributed by atoms with Crippen molar-refractivity contribution >= 4 is 23.9 Å². The molecule has 0 spiro atoms. The summed E-state index contributed by atoms with van der Waals surface area (Å²) in [5.74, 6) is -0.583. The second-order valence-corrected chi connectivity index (χ2v) is 8.62. The average molecular weight is 460 g/mol. The predicted molar refractivity (Wildman–Crippen MR) is 123 cm³/mol. The van der Waals surface area contributed by atoms with Gasteiger partial charge in [0.25, 0.3) is 0 Å². The highest BCUT2D eigenvalue weighted by Gasteiger charge is 2.24. The second-order valence-electron chi connectivity index (χ2n) is 8.62. The second kappa shape index (κ2) is 11.9. The van der Waals surface area contributed by atoms with Crippen molar-refractivity contribution in [1.82, 2.24) is 25.8 Å². The van der Waals surface area contributed by atoms with Gasteiger partial charge >= 0.3 is 12.1 Å². The number of urea groups is 1. The molecule has 0 radical (unpaired) electrons. The van der Waals surface area contributed by atoms with E-state index in [-0.39, 0.29) is 18.5 Å². The molecule has 1 fully saturated rings. The Bertz CT molecular complexity index is 855. The predicted octanol–water partition coefficient (Wildman–Crippen LogP) is 1.37. The van der Waals surface area contributed by atoms with Gasteiger partial charge in [0.15, 0.2) is 0 Å². The number of carbonyl (C=O) groups is 4. The van der Waals surface area contributed by atoms with Gasteiger partial charge in [-0.05, 0) is 38.0 Å². The molecule has 10 nitrogen and oxygen atoms in total. The summed E-state index contributed by atoms with van der Waals surface area (Å²) in [5, 5.41) is 8.05. The Morgan fingerprint density at radius 3 is 1.94 bits per heavy atom. The molecular weight excluding hydrogens is 426 g/mol. The number of nitrogens with zero attached hydrogens (tertiary/aromatic N) is 2. The summed E-state index contributed by atoms with van der Waals surface area (Å²) in [7, 11) is 0. The Morgan fingerprint density at radius 1 is 0.909 bits per heavy atom. The first kappa shape index (κ1) is 25.7. The number of nitrogens with one attached hydrogen (secondary N) is 3. The van der Waals surface area contributed by atoms with Crippen molar-refractivity contribution in [3.05, 3.63) is 48.0 Å². The highest BCUT2D eigenvalue weighted by molar-refractivity contribution is 5.90. The Balaban J connectivity index is 1.70. The maximum absolute atomic E-state index is 12.4. The molecule has 10 heteroatoms. The fraction of sp³-hybridized carbons (Fsp3) is 0.478. The van der Waals surface area contributed by atoms with Crippen LogP contribution in [0.2, 0.25) is 0 Å². The standard InChI is InChI=1S/C23H33N5O5/c1-5-19(29)24-16-20(30)27-10-12-28(13-11-27)21(31)25-14-17-6-8-18(9-7-17)15-26-22(32)33-23(2,3)4/h5-9H,1,10-16H2,2-4H3,(H,24,29)(H,25,31)(H,26,32). The van der Waals surface area contributed by atoms with E-state index in [1.807, 2.05) is 45.0 Å². The number of alkyl carbamates (subject to hydrolysis) is 1. The van der Waals surface area contributed by atoms with Gasteiger partial charge < -0.3 is 30.5 Å². The molecule has 0 aliphatic carbocycles. The van der Waals surface area contributed by atoms with Crippen LogP contribution in [0.15, 0.2) is 36.9 Å². The Kier molecular flexibility index (Phi) is 9.26. The number of amides is 5. The number of rotatable bonds is 7. The van der Waals surface area contributed by atoms with Crippen molar-refractivity contribution in [3.63, 3.8) is 0 Å². The normalized spacial score (nSPS) is 13.7. The molecule has 1 aromatic rings. The molecule has 0 bridgehead atoms. The number of carbonyl (C=O) groups excluding carboxylic acids is 4. The third-order valence-corrected chi connectivity index (χ3v) is 4.82. The van der Waals surface area contributed by atoms with Crippen LogP contribution in [0.4, 0.5) is 9.59 Å². The zero-order chi connectivity index (χ0) is 24.4. The monoisotopic (exact) mass is 459 g/mol. The maximum Gasteiger partial charge on any atom is 0.407 e. The van der Waals surface area contributed by atoms with Gasteiger partial charge in [-0.15, -0.1) is 0 Å². The summed E-state index contributed by atoms with van der Waals surface area (Å²) in [4.78, 5) is 50.7. The number of hydrogen-bond donors (Lipinski definition) is 3. The molecule has 3 N–H and O–H groups in total. The van der Waals surface area contributed by atoms with Gasteiger partial charge in [0.05, 0.1) is 6.54 Å². The van der Waals surface area contributed by atoms with Crippen molar-refractivity contribution in [2.24, 2.45) is 0 Å². The van der Waals surface area contributed by atoms with Crippen molar-refractivity contribution in [2.45, 2.75) is 39.5 Å². The van der Waals surface area contributed by atoms with Gasteiger partial charge in [-0.2, -0.15) is 0 Å². The lowest BCUT2D eigenvalue weighted by Crippen LogP contribution is -2.54. The van der Waals surface area contributed by atoms with Crippen LogP contribution >= 0.6 is 0 Å². The SMILES string of the molecule is C=CC(=O)NCC(=O)N1CCN(C(=O)NCc2ccc(CNC(=O)OC(C)(C)C)cc2)CC1. The van der Waals surface area contributed by atoms with Crippen LogP contribution in [-0.4, -0.2) is 72.1 Å². The van der Waals surface area contributed by atoms with Gasteiger partial charge in [-0.25, -0.2) is 9.59 Å². The zero-order valence-corrected chi connectivity index (χ0v) is 19.5. The minimum Gasteiger partial charge on any atom is -0.444 e. The van der Waals surface area contributed by atoms with E-state index < -0.39 is 17.6 Å². The smallest absolute Gasteiger partial charge is 0.407 e. The van der Waals surface area contributed by atoms with E-state index in [2.05, 4.69) is 22.5 Å². The molecule has 5 amide bonds. The molecular formula is C23H33N5O5. The van der Waals surface area contributed by atoms with Crippen LogP contribution in [0.1, 0.15) is 31.9 Å². The van der Waals surface area contributed by atoms with Crippen LogP contribution in [0.25, 0.3) is 0 Å². The van der Waals surface area contributed by atoms with E-state index in [1.54, 1.807) is 9.80 Å². The third-order valence-electron chi connectivity index (χ3n) is 4.82.